The number of hydrogen-bond donors (Lipinski definition) is 13. The number of ether oxygens (including phenoxy) is 9. The Kier molecular flexibility index (Phi) is 46.1. The molecule has 0 saturated carbocycles. The van der Waals surface area contributed by atoms with Gasteiger partial charge in [-0.1, -0.05) is 32.6 Å². The molecule has 96 heavy (non-hydrogen) atoms. The third kappa shape index (κ3) is 34.8. The molecular weight excluding hydrogens is 1270 g/mol. The zero-order chi connectivity index (χ0) is 70.7. The van der Waals surface area contributed by atoms with Crippen molar-refractivity contribution >= 4 is 40.6 Å². The summed E-state index contributed by atoms with van der Waals surface area (Å²) in [7, 11) is 0. The van der Waals surface area contributed by atoms with Crippen molar-refractivity contribution in [2.24, 2.45) is 5.41 Å². The van der Waals surface area contributed by atoms with Crippen LogP contribution >= 0.6 is 0 Å². The molecule has 29 nitrogen and oxygen atoms in total. The molecule has 0 aromatic carbocycles. The molecule has 29 heteroatoms. The normalized spacial score (nSPS) is 26.7. The number of Topliss-reactive ketones (excluding diaryl/α,β-unsaturated/α-hetero) is 6. The summed E-state index contributed by atoms with van der Waals surface area (Å²) in [5, 5.41) is 121. The molecule has 3 heterocycles. The van der Waals surface area contributed by atoms with Crippen molar-refractivity contribution in [1.29, 1.82) is 0 Å². The molecule has 0 spiro atoms. The van der Waals surface area contributed by atoms with Gasteiger partial charge in [0.1, 0.15) is 108 Å². The Morgan fingerprint density at radius 2 is 0.625 bits per heavy atom. The lowest BCUT2D eigenvalue weighted by molar-refractivity contribution is -0.301. The number of aliphatic hydroxyl groups excluding tert-OH is 12. The maximum Gasteiger partial charge on any atom is 0.222 e. The van der Waals surface area contributed by atoms with E-state index in [-0.39, 0.29) is 145 Å². The van der Waals surface area contributed by atoms with Gasteiger partial charge in [0.25, 0.3) is 0 Å². The highest BCUT2D eigenvalue weighted by molar-refractivity contribution is 5.80. The summed E-state index contributed by atoms with van der Waals surface area (Å²) in [5.41, 5.74) is -1.04. The van der Waals surface area contributed by atoms with Gasteiger partial charge >= 0.3 is 0 Å². The summed E-state index contributed by atoms with van der Waals surface area (Å²) in [4.78, 5) is 90.2. The monoisotopic (exact) mass is 1380 g/mol. The maximum absolute atomic E-state index is 13.6. The van der Waals surface area contributed by atoms with Crippen molar-refractivity contribution in [3.05, 3.63) is 0 Å². The average molecular weight is 1380 g/mol. The van der Waals surface area contributed by atoms with Gasteiger partial charge in [-0.2, -0.15) is 0 Å². The van der Waals surface area contributed by atoms with Crippen LogP contribution in [0.15, 0.2) is 0 Å². The van der Waals surface area contributed by atoms with E-state index < -0.39 is 117 Å². The van der Waals surface area contributed by atoms with Gasteiger partial charge in [0, 0.05) is 115 Å². The van der Waals surface area contributed by atoms with Crippen LogP contribution in [0.3, 0.4) is 0 Å². The van der Waals surface area contributed by atoms with Crippen molar-refractivity contribution < 1.29 is 137 Å². The van der Waals surface area contributed by atoms with E-state index in [9.17, 15) is 94.8 Å². The van der Waals surface area contributed by atoms with Gasteiger partial charge in [-0.05, 0) is 83.5 Å². The number of nitrogens with one attached hydrogen (secondary N) is 1. The molecule has 13 N–H and O–H groups in total. The highest BCUT2D eigenvalue weighted by Crippen LogP contribution is 2.29. The third-order valence-corrected chi connectivity index (χ3v) is 17.3. The molecule has 3 aliphatic rings. The van der Waals surface area contributed by atoms with Gasteiger partial charge in [-0.25, -0.2) is 0 Å². The number of ketones is 6. The van der Waals surface area contributed by atoms with Crippen molar-refractivity contribution in [1.82, 2.24) is 5.32 Å². The first-order valence-corrected chi connectivity index (χ1v) is 35.0. The summed E-state index contributed by atoms with van der Waals surface area (Å²) in [6, 6.07) is 0. The first-order valence-electron chi connectivity index (χ1n) is 35.0. The van der Waals surface area contributed by atoms with Crippen LogP contribution in [0.5, 0.6) is 0 Å². The predicted octanol–water partition coefficient (Wildman–Crippen LogP) is 0.726. The van der Waals surface area contributed by atoms with E-state index in [1.807, 2.05) is 6.92 Å². The molecular formula is C67H117NO28. The number of carbonyl (C=O) groups is 7. The highest BCUT2D eigenvalue weighted by atomic mass is 16.7. The van der Waals surface area contributed by atoms with Gasteiger partial charge in [-0.3, -0.25) is 33.6 Å². The molecule has 3 rings (SSSR count). The van der Waals surface area contributed by atoms with Crippen LogP contribution in [0.2, 0.25) is 0 Å². The van der Waals surface area contributed by atoms with Crippen molar-refractivity contribution in [3.63, 3.8) is 0 Å². The molecule has 0 aromatic rings. The first-order chi connectivity index (χ1) is 46.1. The minimum absolute atomic E-state index is 0.00265. The molecule has 3 saturated heterocycles. The summed E-state index contributed by atoms with van der Waals surface area (Å²) in [6.45, 7) is 1.03. The fourth-order valence-corrected chi connectivity index (χ4v) is 11.3. The summed E-state index contributed by atoms with van der Waals surface area (Å²) >= 11 is 0. The number of carbonyl (C=O) groups excluding carboxylic acids is 7. The Morgan fingerprint density at radius 1 is 0.333 bits per heavy atom. The first kappa shape index (κ1) is 86.9. The fourth-order valence-electron chi connectivity index (χ4n) is 11.3. The molecule has 0 aromatic heterocycles. The van der Waals surface area contributed by atoms with Crippen LogP contribution in [-0.4, -0.2) is 280 Å². The second-order valence-corrected chi connectivity index (χ2v) is 25.8. The fraction of sp³-hybridized carbons (Fsp3) is 0.896. The summed E-state index contributed by atoms with van der Waals surface area (Å²) < 4.78 is 50.9. The molecule has 0 bridgehead atoms. The van der Waals surface area contributed by atoms with Crippen LogP contribution in [0.25, 0.3) is 0 Å². The van der Waals surface area contributed by atoms with E-state index in [1.165, 1.54) is 0 Å². The highest BCUT2D eigenvalue weighted by Gasteiger charge is 2.46. The molecule has 0 radical (unpaired) electrons. The van der Waals surface area contributed by atoms with Gasteiger partial charge in [-0.15, -0.1) is 0 Å². The second kappa shape index (κ2) is 50.9. The summed E-state index contributed by atoms with van der Waals surface area (Å²) in [6.07, 6.45) is -7.45. The lowest BCUT2D eigenvalue weighted by atomic mass is 9.84. The predicted molar refractivity (Wildman–Crippen MR) is 341 cm³/mol. The molecule has 558 valence electrons. The molecule has 3 fully saturated rings. The zero-order valence-corrected chi connectivity index (χ0v) is 56.5. The molecule has 1 amide bonds. The lowest BCUT2D eigenvalue weighted by Crippen LogP contribution is -2.59. The molecule has 15 atom stereocenters. The average Bonchev–Trinajstić information content (AvgIpc) is 0.866. The summed E-state index contributed by atoms with van der Waals surface area (Å²) in [5.74, 6) is -0.254. The maximum atomic E-state index is 13.6. The van der Waals surface area contributed by atoms with Crippen molar-refractivity contribution in [2.75, 3.05) is 85.8 Å². The van der Waals surface area contributed by atoms with Gasteiger partial charge in [0.2, 0.25) is 5.91 Å². The van der Waals surface area contributed by atoms with Gasteiger partial charge in [0.05, 0.1) is 59.5 Å². The van der Waals surface area contributed by atoms with Crippen LogP contribution in [-0.2, 0) is 76.2 Å². The quantitative estimate of drug-likeness (QED) is 0.0373. The molecule has 0 aliphatic carbocycles. The zero-order valence-electron chi connectivity index (χ0n) is 56.5. The third-order valence-electron chi connectivity index (χ3n) is 17.3. The number of aliphatic hydroxyl groups is 12. The Balaban J connectivity index is 1.43. The van der Waals surface area contributed by atoms with Crippen molar-refractivity contribution in [2.45, 2.75) is 292 Å². The van der Waals surface area contributed by atoms with E-state index in [1.54, 1.807) is 0 Å². The van der Waals surface area contributed by atoms with Crippen LogP contribution in [0, 0.1) is 5.41 Å². The number of amides is 1. The second-order valence-electron chi connectivity index (χ2n) is 25.8. The smallest absolute Gasteiger partial charge is 0.222 e. The van der Waals surface area contributed by atoms with Crippen molar-refractivity contribution in [3.8, 4) is 0 Å². The van der Waals surface area contributed by atoms with Crippen LogP contribution < -0.4 is 5.32 Å². The Morgan fingerprint density at radius 3 is 0.958 bits per heavy atom. The Labute approximate surface area is 564 Å². The van der Waals surface area contributed by atoms with E-state index in [2.05, 4.69) is 5.32 Å². The minimum atomic E-state index is -1.55. The molecule has 3 aliphatic heterocycles. The standard InChI is InChI=1S/C67H117NO28/c1-2-3-6-27-50(77)38-67(42-88-35-28-48(75)21-9-4-7-19-45(72)24-12-16-32-91-64-61(85)58(82)55(79)51(39-69)94-64,43-89-36-29-49(76)22-10-5-8-20-46(73)25-13-17-33-92-65-62(86)59(83)56(80)52(40-70)95-65)44-90-37-30-54(78)68-31-15-11-23-47(74)26-14-18-34-93-66-63(87)60(84)57(81)53(41-71)96-66/h51-53,55-66,69-71,79-87H,2-44H2,1H3,(H,68,78). The van der Waals surface area contributed by atoms with Crippen LogP contribution in [0.4, 0.5) is 0 Å². The SMILES string of the molecule is CCCCCC(=O)CC(COCCC(=O)CCCCCC(=O)CCCCOC1OC(CO)C(O)C(O)C1O)(COCCC(=O)CCCCCC(=O)CCCCOC1OC(CO)C(O)C(O)C1O)COCCC(=O)NCCCCC(=O)CCCCOC1OC(CO)C(O)C(O)C1O. The molecule has 15 unspecified atom stereocenters. The van der Waals surface area contributed by atoms with E-state index in [0.29, 0.717) is 141 Å². The van der Waals surface area contributed by atoms with Gasteiger partial charge < -0.3 is 109 Å². The topological polar surface area (TPSA) is 457 Å². The largest absolute Gasteiger partial charge is 0.394 e. The minimum Gasteiger partial charge on any atom is -0.394 e. The number of hydrogen-bond acceptors (Lipinski definition) is 28. The number of unbranched alkanes of at least 4 members (excludes halogenated alkanes) is 10. The van der Waals surface area contributed by atoms with E-state index in [4.69, 9.17) is 42.6 Å². The Hall–Kier alpha value is -3.35. The van der Waals surface area contributed by atoms with E-state index in [0.717, 1.165) is 12.8 Å². The Bertz CT molecular complexity index is 1940. The van der Waals surface area contributed by atoms with Crippen LogP contribution in [0.1, 0.15) is 200 Å². The lowest BCUT2D eigenvalue weighted by Gasteiger charge is -2.39. The van der Waals surface area contributed by atoms with Gasteiger partial charge in [0.15, 0.2) is 18.9 Å². The van der Waals surface area contributed by atoms with E-state index >= 15 is 0 Å². The number of rotatable bonds is 59.